The van der Waals surface area contributed by atoms with E-state index in [9.17, 15) is 4.79 Å². The first-order chi connectivity index (χ1) is 5.72. The van der Waals surface area contributed by atoms with E-state index in [1.807, 2.05) is 0 Å². The highest BCUT2D eigenvalue weighted by molar-refractivity contribution is 5.88. The Hall–Kier alpha value is -0.370. The average molecular weight is 167 g/mol. The molecular weight excluding hydrogens is 150 g/mol. The number of rotatable bonds is 2. The van der Waals surface area contributed by atoms with Crippen LogP contribution in [0.2, 0.25) is 0 Å². The van der Waals surface area contributed by atoms with E-state index in [0.717, 1.165) is 38.8 Å². The first-order valence-electron chi connectivity index (χ1n) is 4.97. The van der Waals surface area contributed by atoms with E-state index >= 15 is 0 Å². The fourth-order valence-electron chi connectivity index (χ4n) is 2.10. The van der Waals surface area contributed by atoms with E-state index in [-0.39, 0.29) is 5.41 Å². The molecule has 0 spiro atoms. The number of carbonyl (C=O) groups excluding carboxylic acids is 1. The van der Waals surface area contributed by atoms with Gasteiger partial charge in [0.15, 0.2) is 0 Å². The van der Waals surface area contributed by atoms with Crippen molar-refractivity contribution in [3.05, 3.63) is 0 Å². The molecule has 2 aliphatic rings. The molecule has 0 aromatic heterocycles. The van der Waals surface area contributed by atoms with Crippen LogP contribution in [0.4, 0.5) is 0 Å². The molecule has 1 atom stereocenters. The Morgan fingerprint density at radius 1 is 1.50 bits per heavy atom. The molecule has 1 heterocycles. The van der Waals surface area contributed by atoms with Crippen molar-refractivity contribution in [1.29, 1.82) is 0 Å². The average Bonchev–Trinajstić information content (AvgIpc) is 2.87. The van der Waals surface area contributed by atoms with E-state index < -0.39 is 0 Å². The normalized spacial score (nSPS) is 36.4. The van der Waals surface area contributed by atoms with Gasteiger partial charge in [-0.25, -0.2) is 0 Å². The van der Waals surface area contributed by atoms with Crippen LogP contribution in [0.25, 0.3) is 0 Å². The van der Waals surface area contributed by atoms with Crippen LogP contribution < -0.4 is 5.32 Å². The molecule has 68 valence electrons. The van der Waals surface area contributed by atoms with E-state index in [1.54, 1.807) is 0 Å². The first-order valence-corrected chi connectivity index (χ1v) is 4.97. The van der Waals surface area contributed by atoms with Gasteiger partial charge in [-0.05, 0) is 32.2 Å². The smallest absolute Gasteiger partial charge is 0.143 e. The SMILES string of the molecule is CC1(C(=O)C2CC2)CCCNC1. The summed E-state index contributed by atoms with van der Waals surface area (Å²) in [4.78, 5) is 11.8. The maximum atomic E-state index is 11.8. The van der Waals surface area contributed by atoms with Crippen LogP contribution in [0.1, 0.15) is 32.6 Å². The van der Waals surface area contributed by atoms with Crippen molar-refractivity contribution in [2.45, 2.75) is 32.6 Å². The van der Waals surface area contributed by atoms with Gasteiger partial charge in [0.1, 0.15) is 5.78 Å². The number of hydrogen-bond acceptors (Lipinski definition) is 2. The van der Waals surface area contributed by atoms with Gasteiger partial charge < -0.3 is 5.32 Å². The lowest BCUT2D eigenvalue weighted by Gasteiger charge is -2.32. The highest BCUT2D eigenvalue weighted by Gasteiger charge is 2.42. The number of piperidine rings is 1. The Balaban J connectivity index is 2.01. The van der Waals surface area contributed by atoms with E-state index in [4.69, 9.17) is 0 Å². The minimum atomic E-state index is -0.0284. The molecule has 1 saturated heterocycles. The van der Waals surface area contributed by atoms with Crippen LogP contribution in [0.3, 0.4) is 0 Å². The summed E-state index contributed by atoms with van der Waals surface area (Å²) in [5.74, 6) is 0.949. The minimum Gasteiger partial charge on any atom is -0.316 e. The molecule has 1 unspecified atom stereocenters. The predicted molar refractivity (Wildman–Crippen MR) is 47.9 cm³/mol. The van der Waals surface area contributed by atoms with Crippen molar-refractivity contribution in [3.63, 3.8) is 0 Å². The zero-order chi connectivity index (χ0) is 8.60. The van der Waals surface area contributed by atoms with Gasteiger partial charge in [0.25, 0.3) is 0 Å². The maximum Gasteiger partial charge on any atom is 0.143 e. The van der Waals surface area contributed by atoms with Crippen molar-refractivity contribution >= 4 is 5.78 Å². The number of carbonyl (C=O) groups is 1. The molecule has 1 N–H and O–H groups in total. The highest BCUT2D eigenvalue weighted by atomic mass is 16.1. The fraction of sp³-hybridized carbons (Fsp3) is 0.900. The van der Waals surface area contributed by atoms with Gasteiger partial charge in [-0.1, -0.05) is 6.92 Å². The predicted octanol–water partition coefficient (Wildman–Crippen LogP) is 1.36. The molecule has 0 aromatic rings. The van der Waals surface area contributed by atoms with Gasteiger partial charge in [0, 0.05) is 17.9 Å². The summed E-state index contributed by atoms with van der Waals surface area (Å²) in [7, 11) is 0. The molecule has 2 nitrogen and oxygen atoms in total. The van der Waals surface area contributed by atoms with Crippen molar-refractivity contribution in [1.82, 2.24) is 5.32 Å². The first kappa shape index (κ1) is 8.24. The number of hydrogen-bond donors (Lipinski definition) is 1. The van der Waals surface area contributed by atoms with Crippen LogP contribution in [0, 0.1) is 11.3 Å². The van der Waals surface area contributed by atoms with Crippen molar-refractivity contribution in [2.24, 2.45) is 11.3 Å². The summed E-state index contributed by atoms with van der Waals surface area (Å²) >= 11 is 0. The Morgan fingerprint density at radius 3 is 2.75 bits per heavy atom. The van der Waals surface area contributed by atoms with Gasteiger partial charge in [-0.15, -0.1) is 0 Å². The van der Waals surface area contributed by atoms with E-state index in [1.165, 1.54) is 0 Å². The Morgan fingerprint density at radius 2 is 2.25 bits per heavy atom. The molecule has 1 aliphatic heterocycles. The quantitative estimate of drug-likeness (QED) is 0.672. The molecule has 0 aromatic carbocycles. The van der Waals surface area contributed by atoms with Gasteiger partial charge in [0.05, 0.1) is 0 Å². The van der Waals surface area contributed by atoms with Crippen LogP contribution >= 0.6 is 0 Å². The third-order valence-corrected chi connectivity index (χ3v) is 3.14. The molecular formula is C10H17NO. The van der Waals surface area contributed by atoms with Gasteiger partial charge in [-0.2, -0.15) is 0 Å². The van der Waals surface area contributed by atoms with E-state index in [2.05, 4.69) is 12.2 Å². The summed E-state index contributed by atoms with van der Waals surface area (Å²) < 4.78 is 0. The molecule has 2 rings (SSSR count). The second-order valence-electron chi connectivity index (χ2n) is 4.48. The number of ketones is 1. The fourth-order valence-corrected chi connectivity index (χ4v) is 2.10. The standard InChI is InChI=1S/C10H17NO/c1-10(5-2-6-11-7-10)9(12)8-3-4-8/h8,11H,2-7H2,1H3. The van der Waals surface area contributed by atoms with Gasteiger partial charge in [0.2, 0.25) is 0 Å². The zero-order valence-corrected chi connectivity index (χ0v) is 7.73. The van der Waals surface area contributed by atoms with Crippen molar-refractivity contribution < 1.29 is 4.79 Å². The number of Topliss-reactive ketones (excluding diaryl/α,β-unsaturated/α-hetero) is 1. The summed E-state index contributed by atoms with van der Waals surface area (Å²) in [5, 5.41) is 3.32. The topological polar surface area (TPSA) is 29.1 Å². The summed E-state index contributed by atoms with van der Waals surface area (Å²) in [6.07, 6.45) is 4.55. The third kappa shape index (κ3) is 1.40. The monoisotopic (exact) mass is 167 g/mol. The number of nitrogens with one attached hydrogen (secondary N) is 1. The Bertz CT molecular complexity index is 190. The third-order valence-electron chi connectivity index (χ3n) is 3.14. The zero-order valence-electron chi connectivity index (χ0n) is 7.73. The molecule has 2 heteroatoms. The highest BCUT2D eigenvalue weighted by Crippen LogP contribution is 2.39. The molecule has 2 fully saturated rings. The van der Waals surface area contributed by atoms with Gasteiger partial charge in [-0.3, -0.25) is 4.79 Å². The summed E-state index contributed by atoms with van der Waals surface area (Å²) in [5.41, 5.74) is -0.0284. The van der Waals surface area contributed by atoms with Crippen LogP contribution in [0.5, 0.6) is 0 Å². The second-order valence-corrected chi connectivity index (χ2v) is 4.48. The van der Waals surface area contributed by atoms with Crippen LogP contribution in [-0.2, 0) is 4.79 Å². The summed E-state index contributed by atoms with van der Waals surface area (Å²) in [6.45, 7) is 4.12. The van der Waals surface area contributed by atoms with Gasteiger partial charge >= 0.3 is 0 Å². The van der Waals surface area contributed by atoms with Crippen LogP contribution in [-0.4, -0.2) is 18.9 Å². The molecule has 0 amide bonds. The lowest BCUT2D eigenvalue weighted by atomic mass is 9.77. The molecule has 0 radical (unpaired) electrons. The Labute approximate surface area is 73.7 Å². The molecule has 1 saturated carbocycles. The lowest BCUT2D eigenvalue weighted by molar-refractivity contribution is -0.130. The maximum absolute atomic E-state index is 11.8. The largest absolute Gasteiger partial charge is 0.316 e. The van der Waals surface area contributed by atoms with Crippen molar-refractivity contribution in [3.8, 4) is 0 Å². The second kappa shape index (κ2) is 2.84. The molecule has 12 heavy (non-hydrogen) atoms. The van der Waals surface area contributed by atoms with E-state index in [0.29, 0.717) is 11.7 Å². The Kier molecular flexibility index (Phi) is 1.95. The van der Waals surface area contributed by atoms with Crippen LogP contribution in [0.15, 0.2) is 0 Å². The van der Waals surface area contributed by atoms with Crippen molar-refractivity contribution in [2.75, 3.05) is 13.1 Å². The minimum absolute atomic E-state index is 0.0284. The molecule has 0 bridgehead atoms. The summed E-state index contributed by atoms with van der Waals surface area (Å²) in [6, 6.07) is 0. The molecule has 1 aliphatic carbocycles. The lowest BCUT2D eigenvalue weighted by Crippen LogP contribution is -2.44.